The molecular formula is C11H15ClOS. The van der Waals surface area contributed by atoms with Gasteiger partial charge in [0, 0.05) is 0 Å². The molecule has 2 rings (SSSR count). The number of rotatable bonds is 2. The monoisotopic (exact) mass is 230 g/mol. The van der Waals surface area contributed by atoms with E-state index in [-0.39, 0.29) is 11.5 Å². The highest BCUT2D eigenvalue weighted by atomic mass is 35.5. The topological polar surface area (TPSA) is 20.2 Å². The van der Waals surface area contributed by atoms with Crippen LogP contribution < -0.4 is 0 Å². The van der Waals surface area contributed by atoms with Crippen molar-refractivity contribution < 1.29 is 5.11 Å². The van der Waals surface area contributed by atoms with Gasteiger partial charge in [0.2, 0.25) is 0 Å². The molecule has 0 spiro atoms. The van der Waals surface area contributed by atoms with E-state index in [1.807, 2.05) is 11.4 Å². The molecule has 1 unspecified atom stereocenters. The summed E-state index contributed by atoms with van der Waals surface area (Å²) in [6, 6.07) is 1.86. The van der Waals surface area contributed by atoms with Crippen molar-refractivity contribution in [1.82, 2.24) is 0 Å². The van der Waals surface area contributed by atoms with E-state index < -0.39 is 0 Å². The predicted octanol–water partition coefficient (Wildman–Crippen LogP) is 4.02. The van der Waals surface area contributed by atoms with Crippen molar-refractivity contribution in [3.63, 3.8) is 0 Å². The minimum atomic E-state index is -0.377. The molecule has 0 saturated heterocycles. The van der Waals surface area contributed by atoms with E-state index >= 15 is 0 Å². The van der Waals surface area contributed by atoms with Crippen LogP contribution in [0.15, 0.2) is 11.4 Å². The van der Waals surface area contributed by atoms with Gasteiger partial charge in [0.15, 0.2) is 0 Å². The molecule has 1 aromatic heterocycles. The maximum atomic E-state index is 10.3. The van der Waals surface area contributed by atoms with Gasteiger partial charge in [-0.1, -0.05) is 31.4 Å². The van der Waals surface area contributed by atoms with Crippen molar-refractivity contribution >= 4 is 22.9 Å². The summed E-state index contributed by atoms with van der Waals surface area (Å²) in [5.41, 5.74) is 0.0501. The molecule has 1 aliphatic carbocycles. The van der Waals surface area contributed by atoms with E-state index in [9.17, 15) is 5.11 Å². The van der Waals surface area contributed by atoms with Gasteiger partial charge in [0.25, 0.3) is 0 Å². The van der Waals surface area contributed by atoms with E-state index in [1.165, 1.54) is 12.8 Å². The molecule has 78 valence electrons. The first-order valence-corrected chi connectivity index (χ1v) is 6.30. The molecule has 3 heteroatoms. The second-order valence-electron chi connectivity index (χ2n) is 4.40. The van der Waals surface area contributed by atoms with Gasteiger partial charge in [-0.3, -0.25) is 0 Å². The minimum absolute atomic E-state index is 0.0501. The molecule has 1 aromatic rings. The Labute approximate surface area is 93.7 Å². The van der Waals surface area contributed by atoms with Crippen LogP contribution in [0.3, 0.4) is 0 Å². The van der Waals surface area contributed by atoms with Crippen molar-refractivity contribution in [2.24, 2.45) is 5.41 Å². The lowest BCUT2D eigenvalue weighted by atomic mass is 9.82. The summed E-state index contributed by atoms with van der Waals surface area (Å²) in [5, 5.41) is 12.9. The molecule has 14 heavy (non-hydrogen) atoms. The summed E-state index contributed by atoms with van der Waals surface area (Å²) in [6.07, 6.45) is 4.32. The number of aliphatic hydroxyl groups excluding tert-OH is 1. The van der Waals surface area contributed by atoms with Crippen LogP contribution in [0, 0.1) is 5.41 Å². The largest absolute Gasteiger partial charge is 0.387 e. The van der Waals surface area contributed by atoms with E-state index in [2.05, 4.69) is 6.92 Å². The average Bonchev–Trinajstić information content (AvgIpc) is 2.74. The van der Waals surface area contributed by atoms with Crippen LogP contribution >= 0.6 is 22.9 Å². The summed E-state index contributed by atoms with van der Waals surface area (Å²) in [6.45, 7) is 2.17. The van der Waals surface area contributed by atoms with Crippen LogP contribution in [-0.4, -0.2) is 5.11 Å². The maximum absolute atomic E-state index is 10.3. The molecule has 1 nitrogen and oxygen atoms in total. The Bertz CT molecular complexity index is 315. The summed E-state index contributed by atoms with van der Waals surface area (Å²) < 4.78 is 0. The molecule has 0 amide bonds. The first kappa shape index (κ1) is 10.5. The third-order valence-electron chi connectivity index (χ3n) is 3.30. The van der Waals surface area contributed by atoms with E-state index in [0.717, 1.165) is 22.7 Å². The smallest absolute Gasteiger partial charge is 0.0950 e. The summed E-state index contributed by atoms with van der Waals surface area (Å²) in [5.74, 6) is 0. The second kappa shape index (κ2) is 3.84. The van der Waals surface area contributed by atoms with Gasteiger partial charge in [-0.05, 0) is 29.7 Å². The first-order valence-electron chi connectivity index (χ1n) is 5.04. The second-order valence-corrected chi connectivity index (χ2v) is 5.75. The van der Waals surface area contributed by atoms with Crippen molar-refractivity contribution in [3.05, 3.63) is 21.3 Å². The van der Waals surface area contributed by atoms with Crippen molar-refractivity contribution in [2.75, 3.05) is 0 Å². The zero-order valence-corrected chi connectivity index (χ0v) is 9.87. The lowest BCUT2D eigenvalue weighted by Crippen LogP contribution is -2.21. The highest BCUT2D eigenvalue weighted by Crippen LogP contribution is 2.49. The molecule has 1 aliphatic rings. The van der Waals surface area contributed by atoms with Gasteiger partial charge >= 0.3 is 0 Å². The molecule has 0 bridgehead atoms. The fourth-order valence-corrected chi connectivity index (χ4v) is 3.59. The van der Waals surface area contributed by atoms with Crippen LogP contribution in [0.1, 0.15) is 43.6 Å². The highest BCUT2D eigenvalue weighted by Gasteiger charge is 2.38. The van der Waals surface area contributed by atoms with Gasteiger partial charge < -0.3 is 5.11 Å². The Morgan fingerprint density at radius 3 is 2.64 bits per heavy atom. The Balaban J connectivity index is 2.23. The van der Waals surface area contributed by atoms with Crippen molar-refractivity contribution in [1.29, 1.82) is 0 Å². The van der Waals surface area contributed by atoms with Gasteiger partial charge in [0.1, 0.15) is 0 Å². The predicted molar refractivity (Wildman–Crippen MR) is 60.9 cm³/mol. The molecule has 1 atom stereocenters. The number of aliphatic hydroxyl groups is 1. The molecule has 1 N–H and O–H groups in total. The van der Waals surface area contributed by atoms with E-state index in [0.29, 0.717) is 0 Å². The zero-order valence-electron chi connectivity index (χ0n) is 8.29. The average molecular weight is 231 g/mol. The fourth-order valence-electron chi connectivity index (χ4n) is 2.27. The zero-order chi connectivity index (χ0) is 10.2. The number of halogens is 1. The highest BCUT2D eigenvalue weighted by molar-refractivity contribution is 7.10. The third kappa shape index (κ3) is 1.71. The van der Waals surface area contributed by atoms with Gasteiger partial charge in [-0.2, -0.15) is 0 Å². The Kier molecular flexibility index (Phi) is 2.87. The molecule has 0 radical (unpaired) electrons. The maximum Gasteiger partial charge on any atom is 0.0950 e. The Morgan fingerprint density at radius 1 is 1.50 bits per heavy atom. The van der Waals surface area contributed by atoms with E-state index in [1.54, 1.807) is 11.3 Å². The summed E-state index contributed by atoms with van der Waals surface area (Å²) in [4.78, 5) is 0.941. The molecule has 0 aliphatic heterocycles. The number of hydrogen-bond acceptors (Lipinski definition) is 2. The van der Waals surface area contributed by atoms with Crippen molar-refractivity contribution in [2.45, 2.75) is 38.7 Å². The molecular weight excluding hydrogens is 216 g/mol. The van der Waals surface area contributed by atoms with Crippen molar-refractivity contribution in [3.8, 4) is 0 Å². The first-order chi connectivity index (χ1) is 6.63. The normalized spacial score (nSPS) is 22.5. The van der Waals surface area contributed by atoms with Crippen LogP contribution in [-0.2, 0) is 0 Å². The SMILES string of the molecule is CC1(C(O)c2sccc2Cl)CCCC1. The summed E-state index contributed by atoms with van der Waals surface area (Å²) in [7, 11) is 0. The molecule has 0 aromatic carbocycles. The standard InChI is InChI=1S/C11H15ClOS/c1-11(5-2-3-6-11)10(13)9-8(12)4-7-14-9/h4,7,10,13H,2-3,5-6H2,1H3. The molecule has 1 fully saturated rings. The lowest BCUT2D eigenvalue weighted by molar-refractivity contribution is 0.0438. The van der Waals surface area contributed by atoms with Crippen LogP contribution in [0.25, 0.3) is 0 Å². The number of thiophene rings is 1. The number of hydrogen-bond donors (Lipinski definition) is 1. The van der Waals surface area contributed by atoms with Crippen LogP contribution in [0.2, 0.25) is 5.02 Å². The Morgan fingerprint density at radius 2 is 2.14 bits per heavy atom. The molecule has 1 saturated carbocycles. The van der Waals surface area contributed by atoms with E-state index in [4.69, 9.17) is 11.6 Å². The quantitative estimate of drug-likeness (QED) is 0.814. The summed E-state index contributed by atoms with van der Waals surface area (Å²) >= 11 is 7.59. The lowest BCUT2D eigenvalue weighted by Gasteiger charge is -2.29. The van der Waals surface area contributed by atoms with Gasteiger partial charge in [0.05, 0.1) is 16.0 Å². The fraction of sp³-hybridized carbons (Fsp3) is 0.636. The van der Waals surface area contributed by atoms with Gasteiger partial charge in [-0.15, -0.1) is 11.3 Å². The minimum Gasteiger partial charge on any atom is -0.387 e. The Hall–Kier alpha value is -0.0500. The molecule has 1 heterocycles. The third-order valence-corrected chi connectivity index (χ3v) is 4.71. The van der Waals surface area contributed by atoms with Crippen LogP contribution in [0.4, 0.5) is 0 Å². The van der Waals surface area contributed by atoms with Crippen LogP contribution in [0.5, 0.6) is 0 Å². The van der Waals surface area contributed by atoms with Gasteiger partial charge in [-0.25, -0.2) is 0 Å².